The lowest BCUT2D eigenvalue weighted by Crippen LogP contribution is -2.44. The molecule has 1 atom stereocenters. The summed E-state index contributed by atoms with van der Waals surface area (Å²) in [6, 6.07) is 6.89. The Labute approximate surface area is 120 Å². The first-order valence-corrected chi connectivity index (χ1v) is 7.36. The topological polar surface area (TPSA) is 49.8 Å². The van der Waals surface area contributed by atoms with E-state index in [0.717, 1.165) is 38.0 Å². The Balaban J connectivity index is 1.88. The normalized spacial score (nSPS) is 19.1. The lowest BCUT2D eigenvalue weighted by molar-refractivity contribution is -0.134. The molecular weight excluding hydrogens is 254 g/mol. The van der Waals surface area contributed by atoms with Gasteiger partial charge in [-0.2, -0.15) is 0 Å². The van der Waals surface area contributed by atoms with Crippen molar-refractivity contribution in [2.45, 2.75) is 38.7 Å². The molecule has 0 spiro atoms. The van der Waals surface area contributed by atoms with E-state index in [1.165, 1.54) is 0 Å². The smallest absolute Gasteiger partial charge is 0.227 e. The molecule has 1 N–H and O–H groups in total. The molecule has 4 nitrogen and oxygen atoms in total. The van der Waals surface area contributed by atoms with Crippen LogP contribution in [0.25, 0.3) is 0 Å². The molecule has 1 aromatic rings. The van der Waals surface area contributed by atoms with Crippen molar-refractivity contribution in [3.8, 4) is 5.75 Å². The van der Waals surface area contributed by atoms with E-state index in [1.807, 2.05) is 11.0 Å². The van der Waals surface area contributed by atoms with E-state index in [4.69, 9.17) is 4.74 Å². The molecule has 0 aliphatic carbocycles. The van der Waals surface area contributed by atoms with E-state index in [2.05, 4.69) is 6.92 Å². The molecule has 110 valence electrons. The van der Waals surface area contributed by atoms with Crippen LogP contribution in [0.4, 0.5) is 0 Å². The molecule has 1 aliphatic heterocycles. The maximum atomic E-state index is 12.3. The van der Waals surface area contributed by atoms with Gasteiger partial charge in [0.15, 0.2) is 0 Å². The maximum Gasteiger partial charge on any atom is 0.227 e. The second kappa shape index (κ2) is 7.29. The number of nitrogens with zero attached hydrogens (tertiary/aromatic N) is 1. The zero-order valence-corrected chi connectivity index (χ0v) is 12.0. The molecule has 0 saturated carbocycles. The predicted molar refractivity (Wildman–Crippen MR) is 77.7 cm³/mol. The number of hydrogen-bond acceptors (Lipinski definition) is 3. The summed E-state index contributed by atoms with van der Waals surface area (Å²) in [5.41, 5.74) is 0.853. The molecule has 4 heteroatoms. The third-order valence-electron chi connectivity index (χ3n) is 3.55. The number of carbonyl (C=O) groups is 1. The minimum Gasteiger partial charge on any atom is -0.508 e. The molecular formula is C16H23NO3. The van der Waals surface area contributed by atoms with Gasteiger partial charge in [-0.15, -0.1) is 0 Å². The molecule has 0 unspecified atom stereocenters. The summed E-state index contributed by atoms with van der Waals surface area (Å²) < 4.78 is 5.75. The molecule has 2 rings (SSSR count). The number of aromatic hydroxyl groups is 1. The highest BCUT2D eigenvalue weighted by molar-refractivity contribution is 5.79. The Morgan fingerprint density at radius 2 is 2.35 bits per heavy atom. The van der Waals surface area contributed by atoms with E-state index in [0.29, 0.717) is 13.0 Å². The molecule has 1 aromatic carbocycles. The van der Waals surface area contributed by atoms with E-state index < -0.39 is 0 Å². The van der Waals surface area contributed by atoms with E-state index in [-0.39, 0.29) is 17.8 Å². The van der Waals surface area contributed by atoms with Gasteiger partial charge in [-0.3, -0.25) is 4.79 Å². The minimum absolute atomic E-state index is 0.111. The van der Waals surface area contributed by atoms with Gasteiger partial charge in [0.1, 0.15) is 5.75 Å². The monoisotopic (exact) mass is 277 g/mol. The van der Waals surface area contributed by atoms with Crippen molar-refractivity contribution >= 4 is 5.91 Å². The van der Waals surface area contributed by atoms with Gasteiger partial charge in [0.2, 0.25) is 5.91 Å². The second-order valence-electron chi connectivity index (χ2n) is 5.32. The molecule has 0 radical (unpaired) electrons. The van der Waals surface area contributed by atoms with Gasteiger partial charge in [0, 0.05) is 19.7 Å². The third-order valence-corrected chi connectivity index (χ3v) is 3.55. The van der Waals surface area contributed by atoms with Gasteiger partial charge in [-0.25, -0.2) is 0 Å². The molecule has 1 heterocycles. The fraction of sp³-hybridized carbons (Fsp3) is 0.562. The van der Waals surface area contributed by atoms with Crippen molar-refractivity contribution in [3.63, 3.8) is 0 Å². The van der Waals surface area contributed by atoms with Crippen LogP contribution in [0, 0.1) is 0 Å². The van der Waals surface area contributed by atoms with Gasteiger partial charge in [0.25, 0.3) is 0 Å². The van der Waals surface area contributed by atoms with Crippen molar-refractivity contribution < 1.29 is 14.6 Å². The maximum absolute atomic E-state index is 12.3. The summed E-state index contributed by atoms with van der Waals surface area (Å²) in [6.07, 6.45) is 3.57. The van der Waals surface area contributed by atoms with Gasteiger partial charge in [-0.1, -0.05) is 19.1 Å². The fourth-order valence-electron chi connectivity index (χ4n) is 2.54. The lowest BCUT2D eigenvalue weighted by Gasteiger charge is -2.32. The Morgan fingerprint density at radius 1 is 1.50 bits per heavy atom. The highest BCUT2D eigenvalue weighted by Crippen LogP contribution is 2.16. The van der Waals surface area contributed by atoms with Crippen LogP contribution in [0.3, 0.4) is 0 Å². The summed E-state index contributed by atoms with van der Waals surface area (Å²) in [6.45, 7) is 4.36. The van der Waals surface area contributed by atoms with Gasteiger partial charge in [0.05, 0.1) is 12.5 Å². The molecule has 1 amide bonds. The number of ether oxygens (including phenoxy) is 1. The van der Waals surface area contributed by atoms with Crippen LogP contribution in [0.1, 0.15) is 31.7 Å². The highest BCUT2D eigenvalue weighted by atomic mass is 16.5. The average molecular weight is 277 g/mol. The van der Waals surface area contributed by atoms with Crippen molar-refractivity contribution in [1.82, 2.24) is 4.90 Å². The molecule has 0 aromatic heterocycles. The highest BCUT2D eigenvalue weighted by Gasteiger charge is 2.23. The molecule has 20 heavy (non-hydrogen) atoms. The van der Waals surface area contributed by atoms with Crippen LogP contribution < -0.4 is 0 Å². The number of rotatable bonds is 5. The van der Waals surface area contributed by atoms with Crippen molar-refractivity contribution in [2.75, 3.05) is 19.7 Å². The number of likely N-dealkylation sites (tertiary alicyclic amines) is 1. The van der Waals surface area contributed by atoms with E-state index in [9.17, 15) is 9.90 Å². The fourth-order valence-corrected chi connectivity index (χ4v) is 2.54. The molecule has 1 saturated heterocycles. The molecule has 0 bridgehead atoms. The van der Waals surface area contributed by atoms with Crippen LogP contribution >= 0.6 is 0 Å². The van der Waals surface area contributed by atoms with E-state index in [1.54, 1.807) is 18.2 Å². The summed E-state index contributed by atoms with van der Waals surface area (Å²) in [5.74, 6) is 0.318. The van der Waals surface area contributed by atoms with Gasteiger partial charge in [-0.05, 0) is 37.0 Å². The Bertz CT molecular complexity index is 447. The zero-order chi connectivity index (χ0) is 14.4. The number of amides is 1. The number of carbonyl (C=O) groups excluding carboxylic acids is 1. The van der Waals surface area contributed by atoms with Crippen LogP contribution in [0.15, 0.2) is 24.3 Å². The lowest BCUT2D eigenvalue weighted by atomic mass is 10.1. The van der Waals surface area contributed by atoms with E-state index >= 15 is 0 Å². The van der Waals surface area contributed by atoms with Gasteiger partial charge < -0.3 is 14.7 Å². The van der Waals surface area contributed by atoms with Crippen molar-refractivity contribution in [3.05, 3.63) is 29.8 Å². The Hall–Kier alpha value is -1.55. The standard InChI is InChI=1S/C16H23NO3/c1-2-9-20-15-7-4-8-17(12-15)16(19)11-13-5-3-6-14(18)10-13/h3,5-6,10,15,18H,2,4,7-9,11-12H2,1H3/t15-/m0/s1. The number of hydrogen-bond donors (Lipinski definition) is 1. The van der Waals surface area contributed by atoms with Crippen LogP contribution in [0.5, 0.6) is 5.75 Å². The number of piperidine rings is 1. The number of benzene rings is 1. The minimum atomic E-state index is 0.111. The van der Waals surface area contributed by atoms with Crippen LogP contribution in [-0.4, -0.2) is 41.7 Å². The first kappa shape index (κ1) is 14.9. The summed E-state index contributed by atoms with van der Waals surface area (Å²) in [7, 11) is 0. The third kappa shape index (κ3) is 4.23. The van der Waals surface area contributed by atoms with Gasteiger partial charge >= 0.3 is 0 Å². The average Bonchev–Trinajstić information content (AvgIpc) is 2.45. The zero-order valence-electron chi connectivity index (χ0n) is 12.0. The SMILES string of the molecule is CCCO[C@H]1CCCN(C(=O)Cc2cccc(O)c2)C1. The molecule has 1 aliphatic rings. The number of phenolic OH excluding ortho intramolecular Hbond substituents is 1. The quantitative estimate of drug-likeness (QED) is 0.899. The number of phenols is 1. The summed E-state index contributed by atoms with van der Waals surface area (Å²) in [5, 5.41) is 9.43. The first-order chi connectivity index (χ1) is 9.69. The first-order valence-electron chi connectivity index (χ1n) is 7.36. The second-order valence-corrected chi connectivity index (χ2v) is 5.32. The summed E-state index contributed by atoms with van der Waals surface area (Å²) in [4.78, 5) is 14.2. The summed E-state index contributed by atoms with van der Waals surface area (Å²) >= 11 is 0. The molecule has 1 fully saturated rings. The van der Waals surface area contributed by atoms with Crippen LogP contribution in [-0.2, 0) is 16.0 Å². The van der Waals surface area contributed by atoms with Crippen LogP contribution in [0.2, 0.25) is 0 Å². The Kier molecular flexibility index (Phi) is 5.41. The van der Waals surface area contributed by atoms with Crippen molar-refractivity contribution in [2.24, 2.45) is 0 Å². The predicted octanol–water partition coefficient (Wildman–Crippen LogP) is 2.35. The Morgan fingerprint density at radius 3 is 3.10 bits per heavy atom. The largest absolute Gasteiger partial charge is 0.508 e. The van der Waals surface area contributed by atoms with Crippen molar-refractivity contribution in [1.29, 1.82) is 0 Å².